The Hall–Kier alpha value is -0.570. The Morgan fingerprint density at radius 1 is 1.78 bits per heavy atom. The minimum Gasteiger partial charge on any atom is -0.383 e. The molecule has 0 bridgehead atoms. The predicted octanol–water partition coefficient (Wildman–Crippen LogP) is -0.0233. The molecule has 1 heterocycles. The van der Waals surface area contributed by atoms with Crippen molar-refractivity contribution in [2.24, 2.45) is 4.99 Å². The van der Waals surface area contributed by atoms with Gasteiger partial charge in [-0.3, -0.25) is 4.99 Å². The first-order chi connectivity index (χ1) is 4.43. The van der Waals surface area contributed by atoms with Crippen LogP contribution < -0.4 is 0 Å². The summed E-state index contributed by atoms with van der Waals surface area (Å²) in [5, 5.41) is 0. The van der Waals surface area contributed by atoms with Gasteiger partial charge in [0.05, 0.1) is 19.5 Å². The molecule has 0 atom stereocenters. The van der Waals surface area contributed by atoms with Crippen molar-refractivity contribution in [3.8, 4) is 0 Å². The first-order valence-corrected chi connectivity index (χ1v) is 3.16. The largest absolute Gasteiger partial charge is 0.383 e. The molecular formula is C6H12N2O. The second-order valence-electron chi connectivity index (χ2n) is 2.05. The van der Waals surface area contributed by atoms with Crippen molar-refractivity contribution in [3.63, 3.8) is 0 Å². The van der Waals surface area contributed by atoms with Crippen LogP contribution >= 0.6 is 0 Å². The van der Waals surface area contributed by atoms with Gasteiger partial charge in [-0.05, 0) is 0 Å². The van der Waals surface area contributed by atoms with Gasteiger partial charge in [-0.15, -0.1) is 0 Å². The average Bonchev–Trinajstić information content (AvgIpc) is 2.34. The fraction of sp³-hybridized carbons (Fsp3) is 0.833. The third-order valence-electron chi connectivity index (χ3n) is 1.34. The van der Waals surface area contributed by atoms with Gasteiger partial charge in [0.15, 0.2) is 0 Å². The number of hydrogen-bond acceptors (Lipinski definition) is 3. The number of rotatable bonds is 3. The number of methoxy groups -OCH3 is 1. The first kappa shape index (κ1) is 6.55. The van der Waals surface area contributed by atoms with Crippen LogP contribution in [0.25, 0.3) is 0 Å². The molecule has 0 aromatic rings. The highest BCUT2D eigenvalue weighted by atomic mass is 16.5. The van der Waals surface area contributed by atoms with Gasteiger partial charge in [0.1, 0.15) is 0 Å². The van der Waals surface area contributed by atoms with E-state index in [0.29, 0.717) is 0 Å². The molecule has 0 radical (unpaired) electrons. The molecule has 3 nitrogen and oxygen atoms in total. The molecule has 1 aliphatic rings. The van der Waals surface area contributed by atoms with Crippen LogP contribution in [-0.4, -0.2) is 44.6 Å². The lowest BCUT2D eigenvalue weighted by Crippen LogP contribution is -2.23. The highest BCUT2D eigenvalue weighted by molar-refractivity contribution is 5.56. The maximum Gasteiger partial charge on any atom is 0.0852 e. The zero-order chi connectivity index (χ0) is 6.53. The molecule has 0 saturated heterocycles. The van der Waals surface area contributed by atoms with E-state index in [1.165, 1.54) is 0 Å². The van der Waals surface area contributed by atoms with Crippen LogP contribution in [0, 0.1) is 0 Å². The first-order valence-electron chi connectivity index (χ1n) is 3.16. The minimum absolute atomic E-state index is 0.798. The maximum absolute atomic E-state index is 4.90. The lowest BCUT2D eigenvalue weighted by Gasteiger charge is -2.11. The molecule has 9 heavy (non-hydrogen) atoms. The van der Waals surface area contributed by atoms with E-state index in [9.17, 15) is 0 Å². The molecule has 0 amide bonds. The van der Waals surface area contributed by atoms with Crippen LogP contribution in [0.4, 0.5) is 0 Å². The van der Waals surface area contributed by atoms with Gasteiger partial charge < -0.3 is 9.64 Å². The van der Waals surface area contributed by atoms with Gasteiger partial charge in [-0.25, -0.2) is 0 Å². The lowest BCUT2D eigenvalue weighted by molar-refractivity contribution is 0.180. The molecule has 0 N–H and O–H groups in total. The quantitative estimate of drug-likeness (QED) is 0.533. The molecule has 0 unspecified atom stereocenters. The zero-order valence-electron chi connectivity index (χ0n) is 5.71. The van der Waals surface area contributed by atoms with Gasteiger partial charge >= 0.3 is 0 Å². The smallest absolute Gasteiger partial charge is 0.0852 e. The zero-order valence-corrected chi connectivity index (χ0v) is 5.71. The van der Waals surface area contributed by atoms with E-state index in [-0.39, 0.29) is 0 Å². The van der Waals surface area contributed by atoms with Crippen molar-refractivity contribution in [2.45, 2.75) is 0 Å². The van der Waals surface area contributed by atoms with Crippen LogP contribution in [0.1, 0.15) is 0 Å². The van der Waals surface area contributed by atoms with Crippen molar-refractivity contribution in [1.29, 1.82) is 0 Å². The standard InChI is InChI=1S/C6H12N2O/c1-9-5-4-8-3-2-7-6-8/h6H,2-5H2,1H3. The van der Waals surface area contributed by atoms with E-state index >= 15 is 0 Å². The molecule has 0 fully saturated rings. The van der Waals surface area contributed by atoms with Gasteiger partial charge in [0, 0.05) is 20.2 Å². The third kappa shape index (κ3) is 2.01. The summed E-state index contributed by atoms with van der Waals surface area (Å²) in [4.78, 5) is 6.22. The highest BCUT2D eigenvalue weighted by Gasteiger charge is 2.02. The Morgan fingerprint density at radius 3 is 3.22 bits per heavy atom. The molecule has 1 aliphatic heterocycles. The number of nitrogens with zero attached hydrogens (tertiary/aromatic N) is 2. The normalized spacial score (nSPS) is 17.2. The highest BCUT2D eigenvalue weighted by Crippen LogP contribution is 1.91. The third-order valence-corrected chi connectivity index (χ3v) is 1.34. The van der Waals surface area contributed by atoms with Crippen LogP contribution in [0.3, 0.4) is 0 Å². The molecule has 0 saturated carbocycles. The Morgan fingerprint density at radius 2 is 2.67 bits per heavy atom. The van der Waals surface area contributed by atoms with Crippen molar-refractivity contribution in [3.05, 3.63) is 0 Å². The SMILES string of the molecule is COCCN1C=NCC1. The van der Waals surface area contributed by atoms with E-state index in [4.69, 9.17) is 4.74 Å². The Kier molecular flexibility index (Phi) is 2.51. The van der Waals surface area contributed by atoms with Crippen LogP contribution in [-0.2, 0) is 4.74 Å². The summed E-state index contributed by atoms with van der Waals surface area (Å²) in [6.45, 7) is 3.78. The monoisotopic (exact) mass is 128 g/mol. The van der Waals surface area contributed by atoms with Crippen LogP contribution in [0.5, 0.6) is 0 Å². The minimum atomic E-state index is 0.798. The van der Waals surface area contributed by atoms with E-state index < -0.39 is 0 Å². The van der Waals surface area contributed by atoms with Crippen molar-refractivity contribution >= 4 is 6.34 Å². The lowest BCUT2D eigenvalue weighted by atomic mass is 10.5. The summed E-state index contributed by atoms with van der Waals surface area (Å²) in [6, 6.07) is 0. The van der Waals surface area contributed by atoms with E-state index in [2.05, 4.69) is 9.89 Å². The van der Waals surface area contributed by atoms with Gasteiger partial charge in [0.2, 0.25) is 0 Å². The molecule has 0 spiro atoms. The van der Waals surface area contributed by atoms with E-state index in [1.54, 1.807) is 7.11 Å². The van der Waals surface area contributed by atoms with Crippen LogP contribution in [0.15, 0.2) is 4.99 Å². The van der Waals surface area contributed by atoms with Gasteiger partial charge in [0.25, 0.3) is 0 Å². The topological polar surface area (TPSA) is 24.8 Å². The summed E-state index contributed by atoms with van der Waals surface area (Å²) in [6.07, 6.45) is 1.89. The molecule has 0 aromatic heterocycles. The molecule has 52 valence electrons. The number of aliphatic imine (C=N–C) groups is 1. The average molecular weight is 128 g/mol. The summed E-state index contributed by atoms with van der Waals surface area (Å²) in [5.74, 6) is 0. The predicted molar refractivity (Wildman–Crippen MR) is 36.8 cm³/mol. The summed E-state index contributed by atoms with van der Waals surface area (Å²) in [5.41, 5.74) is 0. The fourth-order valence-electron chi connectivity index (χ4n) is 0.795. The van der Waals surface area contributed by atoms with Crippen LogP contribution in [0.2, 0.25) is 0 Å². The summed E-state index contributed by atoms with van der Waals surface area (Å²) < 4.78 is 4.90. The van der Waals surface area contributed by atoms with Crippen molar-refractivity contribution < 1.29 is 4.74 Å². The van der Waals surface area contributed by atoms with E-state index in [0.717, 1.165) is 26.2 Å². The summed E-state index contributed by atoms with van der Waals surface area (Å²) in [7, 11) is 1.72. The second kappa shape index (κ2) is 3.45. The van der Waals surface area contributed by atoms with Gasteiger partial charge in [-0.2, -0.15) is 0 Å². The fourth-order valence-corrected chi connectivity index (χ4v) is 0.795. The van der Waals surface area contributed by atoms with E-state index in [1.807, 2.05) is 6.34 Å². The van der Waals surface area contributed by atoms with Gasteiger partial charge in [-0.1, -0.05) is 0 Å². The second-order valence-corrected chi connectivity index (χ2v) is 2.05. The molecule has 0 aromatic carbocycles. The number of ether oxygens (including phenoxy) is 1. The molecular weight excluding hydrogens is 116 g/mol. The maximum atomic E-state index is 4.90. The summed E-state index contributed by atoms with van der Waals surface area (Å²) >= 11 is 0. The molecule has 0 aliphatic carbocycles. The molecule has 3 heteroatoms. The van der Waals surface area contributed by atoms with Crippen molar-refractivity contribution in [1.82, 2.24) is 4.90 Å². The molecule has 1 rings (SSSR count). The number of hydrogen-bond donors (Lipinski definition) is 0. The Bertz CT molecular complexity index is 103. The Labute approximate surface area is 55.3 Å². The van der Waals surface area contributed by atoms with Crippen molar-refractivity contribution in [2.75, 3.05) is 33.4 Å². The Balaban J connectivity index is 2.05.